The second kappa shape index (κ2) is 2.28. The van der Waals surface area contributed by atoms with Gasteiger partial charge in [-0.05, 0) is 12.8 Å². The Balaban J connectivity index is 2.12. The summed E-state index contributed by atoms with van der Waals surface area (Å²) >= 11 is 0. The molecule has 0 radical (unpaired) electrons. The second-order valence-electron chi connectivity index (χ2n) is 2.50. The van der Waals surface area contributed by atoms with Crippen LogP contribution >= 0.6 is 0 Å². The van der Waals surface area contributed by atoms with E-state index in [4.69, 9.17) is 0 Å². The molecule has 0 aliphatic carbocycles. The number of nitrogens with one attached hydrogen (secondary N) is 1. The predicted octanol–water partition coefficient (Wildman–Crippen LogP) is 0.405. The van der Waals surface area contributed by atoms with Crippen LogP contribution in [-0.2, 0) is 0 Å². The fourth-order valence-electron chi connectivity index (χ4n) is 1.28. The first kappa shape index (κ1) is 5.70. The number of hydrogen-bond acceptors (Lipinski definition) is 3. The quantitative estimate of drug-likeness (QED) is 0.611. The third-order valence-corrected chi connectivity index (χ3v) is 1.81. The van der Waals surface area contributed by atoms with Crippen molar-refractivity contribution >= 4 is 5.95 Å². The van der Waals surface area contributed by atoms with Crippen molar-refractivity contribution in [3.05, 3.63) is 6.33 Å². The predicted molar refractivity (Wildman–Crippen MR) is 37.8 cm³/mol. The lowest BCUT2D eigenvalue weighted by Crippen LogP contribution is -2.18. The number of hydrogen-bond donors (Lipinski definition) is 1. The van der Waals surface area contributed by atoms with Crippen LogP contribution in [0.4, 0.5) is 5.95 Å². The fraction of sp³-hybridized carbons (Fsp3) is 0.667. The standard InChI is InChI=1S/C6H10N4/c1-2-4-10(3-1)6-7-5-8-9-6/h5H,1-4H2,(H,7,8,9). The Labute approximate surface area is 59.3 Å². The summed E-state index contributed by atoms with van der Waals surface area (Å²) in [5.74, 6) is 0.914. The number of nitrogens with zero attached hydrogens (tertiary/aromatic N) is 3. The first-order chi connectivity index (χ1) is 4.97. The van der Waals surface area contributed by atoms with Crippen molar-refractivity contribution in [3.8, 4) is 0 Å². The molecule has 0 spiro atoms. The minimum atomic E-state index is 0.914. The summed E-state index contributed by atoms with van der Waals surface area (Å²) in [5.41, 5.74) is 0. The molecule has 4 nitrogen and oxygen atoms in total. The number of anilines is 1. The summed E-state index contributed by atoms with van der Waals surface area (Å²) in [4.78, 5) is 6.27. The van der Waals surface area contributed by atoms with Crippen molar-refractivity contribution in [1.29, 1.82) is 0 Å². The van der Waals surface area contributed by atoms with Crippen molar-refractivity contribution < 1.29 is 0 Å². The Kier molecular flexibility index (Phi) is 1.30. The van der Waals surface area contributed by atoms with Gasteiger partial charge in [0.05, 0.1) is 0 Å². The molecule has 4 heteroatoms. The van der Waals surface area contributed by atoms with Gasteiger partial charge in [0.1, 0.15) is 6.33 Å². The number of aromatic nitrogens is 3. The maximum absolute atomic E-state index is 4.06. The van der Waals surface area contributed by atoms with Crippen LogP contribution in [0.1, 0.15) is 12.8 Å². The van der Waals surface area contributed by atoms with Gasteiger partial charge < -0.3 is 4.90 Å². The fourth-order valence-corrected chi connectivity index (χ4v) is 1.28. The lowest BCUT2D eigenvalue weighted by atomic mass is 10.4. The van der Waals surface area contributed by atoms with E-state index in [2.05, 4.69) is 20.1 Å². The molecule has 0 saturated carbocycles. The highest BCUT2D eigenvalue weighted by Gasteiger charge is 2.13. The molecule has 54 valence electrons. The summed E-state index contributed by atoms with van der Waals surface area (Å²) in [7, 11) is 0. The largest absolute Gasteiger partial charge is 0.341 e. The van der Waals surface area contributed by atoms with Gasteiger partial charge in [0.2, 0.25) is 5.95 Å². The van der Waals surface area contributed by atoms with E-state index in [1.54, 1.807) is 6.33 Å². The molecule has 2 heterocycles. The average molecular weight is 138 g/mol. The van der Waals surface area contributed by atoms with Crippen molar-refractivity contribution in [1.82, 2.24) is 15.2 Å². The highest BCUT2D eigenvalue weighted by molar-refractivity contribution is 5.28. The van der Waals surface area contributed by atoms with Crippen molar-refractivity contribution in [2.24, 2.45) is 0 Å². The Morgan fingerprint density at radius 3 is 2.80 bits per heavy atom. The SMILES string of the molecule is c1n[nH]c(N2CCCC2)n1. The highest BCUT2D eigenvalue weighted by atomic mass is 15.3. The van der Waals surface area contributed by atoms with E-state index in [1.165, 1.54) is 12.8 Å². The summed E-state index contributed by atoms with van der Waals surface area (Å²) < 4.78 is 0. The van der Waals surface area contributed by atoms with Gasteiger partial charge >= 0.3 is 0 Å². The lowest BCUT2D eigenvalue weighted by Gasteiger charge is -2.11. The van der Waals surface area contributed by atoms with Gasteiger partial charge in [0.25, 0.3) is 0 Å². The average Bonchev–Trinajstić information content (AvgIpc) is 2.59. The molecule has 1 saturated heterocycles. The minimum Gasteiger partial charge on any atom is -0.341 e. The third-order valence-electron chi connectivity index (χ3n) is 1.81. The monoisotopic (exact) mass is 138 g/mol. The lowest BCUT2D eigenvalue weighted by molar-refractivity contribution is 0.903. The molecule has 1 aliphatic heterocycles. The zero-order valence-corrected chi connectivity index (χ0v) is 5.75. The molecule has 2 rings (SSSR count). The van der Waals surface area contributed by atoms with Crippen LogP contribution in [0.2, 0.25) is 0 Å². The summed E-state index contributed by atoms with van der Waals surface area (Å²) in [6, 6.07) is 0. The maximum atomic E-state index is 4.06. The molecule has 1 aromatic heterocycles. The van der Waals surface area contributed by atoms with Crippen LogP contribution in [-0.4, -0.2) is 28.3 Å². The first-order valence-electron chi connectivity index (χ1n) is 3.57. The van der Waals surface area contributed by atoms with E-state index in [9.17, 15) is 0 Å². The van der Waals surface area contributed by atoms with Crippen molar-refractivity contribution in [2.75, 3.05) is 18.0 Å². The van der Waals surface area contributed by atoms with Crippen LogP contribution in [0, 0.1) is 0 Å². The molecule has 0 unspecified atom stereocenters. The topological polar surface area (TPSA) is 44.8 Å². The zero-order chi connectivity index (χ0) is 6.81. The van der Waals surface area contributed by atoms with E-state index in [-0.39, 0.29) is 0 Å². The molecule has 1 N–H and O–H groups in total. The summed E-state index contributed by atoms with van der Waals surface area (Å²) in [6.45, 7) is 2.24. The molecule has 0 amide bonds. The Morgan fingerprint density at radius 1 is 1.40 bits per heavy atom. The Morgan fingerprint density at radius 2 is 2.20 bits per heavy atom. The van der Waals surface area contributed by atoms with Gasteiger partial charge in [-0.25, -0.2) is 5.10 Å². The molecule has 1 fully saturated rings. The molecule has 0 atom stereocenters. The van der Waals surface area contributed by atoms with Crippen LogP contribution < -0.4 is 4.90 Å². The van der Waals surface area contributed by atoms with Gasteiger partial charge in [0.15, 0.2) is 0 Å². The van der Waals surface area contributed by atoms with Crippen LogP contribution in [0.5, 0.6) is 0 Å². The molecule has 1 aliphatic rings. The number of H-pyrrole nitrogens is 1. The van der Waals surface area contributed by atoms with E-state index >= 15 is 0 Å². The molecule has 10 heavy (non-hydrogen) atoms. The normalized spacial score (nSPS) is 18.2. The molecular formula is C6H10N4. The second-order valence-corrected chi connectivity index (χ2v) is 2.50. The van der Waals surface area contributed by atoms with Crippen LogP contribution in [0.25, 0.3) is 0 Å². The van der Waals surface area contributed by atoms with Crippen LogP contribution in [0.3, 0.4) is 0 Å². The Bertz CT molecular complexity index is 188. The summed E-state index contributed by atoms with van der Waals surface area (Å²) in [6.07, 6.45) is 4.11. The Hall–Kier alpha value is -1.06. The highest BCUT2D eigenvalue weighted by Crippen LogP contribution is 2.12. The maximum Gasteiger partial charge on any atom is 0.221 e. The molecular weight excluding hydrogens is 128 g/mol. The van der Waals surface area contributed by atoms with Crippen molar-refractivity contribution in [2.45, 2.75) is 12.8 Å². The zero-order valence-electron chi connectivity index (χ0n) is 5.75. The minimum absolute atomic E-state index is 0.914. The first-order valence-corrected chi connectivity index (χ1v) is 3.57. The number of aromatic amines is 1. The van der Waals surface area contributed by atoms with Crippen molar-refractivity contribution in [3.63, 3.8) is 0 Å². The van der Waals surface area contributed by atoms with E-state index in [0.29, 0.717) is 0 Å². The van der Waals surface area contributed by atoms with Gasteiger partial charge in [-0.1, -0.05) is 0 Å². The van der Waals surface area contributed by atoms with Gasteiger partial charge in [0, 0.05) is 13.1 Å². The van der Waals surface area contributed by atoms with E-state index < -0.39 is 0 Å². The van der Waals surface area contributed by atoms with Crippen LogP contribution in [0.15, 0.2) is 6.33 Å². The van der Waals surface area contributed by atoms with Gasteiger partial charge in [-0.3, -0.25) is 0 Å². The molecule has 0 aromatic carbocycles. The summed E-state index contributed by atoms with van der Waals surface area (Å²) in [5, 5.41) is 6.63. The van der Waals surface area contributed by atoms with Gasteiger partial charge in [-0.15, -0.1) is 0 Å². The smallest absolute Gasteiger partial charge is 0.221 e. The van der Waals surface area contributed by atoms with E-state index in [1.807, 2.05) is 0 Å². The molecule has 0 bridgehead atoms. The van der Waals surface area contributed by atoms with Gasteiger partial charge in [-0.2, -0.15) is 10.1 Å². The van der Waals surface area contributed by atoms with E-state index in [0.717, 1.165) is 19.0 Å². The number of rotatable bonds is 1. The third kappa shape index (κ3) is 0.853. The molecule has 1 aromatic rings.